The zero-order chi connectivity index (χ0) is 10.1. The Labute approximate surface area is 91.1 Å². The average molecular weight is 212 g/mol. The van der Waals surface area contributed by atoms with Gasteiger partial charge in [0.1, 0.15) is 0 Å². The van der Waals surface area contributed by atoms with Gasteiger partial charge in [0.2, 0.25) is 0 Å². The van der Waals surface area contributed by atoms with Crippen LogP contribution in [0.3, 0.4) is 0 Å². The van der Waals surface area contributed by atoms with E-state index in [0.717, 1.165) is 32.3 Å². The molecule has 0 radical (unpaired) electrons. The standard InChI is InChI=1S/C12H20O3/c1-4-13-5-2-9(1)12-7-10(8-15-12)11-3-6-14-11/h9-12H,1-8H2. The second kappa shape index (κ2) is 4.40. The van der Waals surface area contributed by atoms with Gasteiger partial charge in [0.05, 0.1) is 18.8 Å². The molecule has 3 saturated heterocycles. The summed E-state index contributed by atoms with van der Waals surface area (Å²) in [7, 11) is 0. The molecule has 0 aromatic heterocycles. The summed E-state index contributed by atoms with van der Waals surface area (Å²) in [4.78, 5) is 0. The molecule has 3 unspecified atom stereocenters. The summed E-state index contributed by atoms with van der Waals surface area (Å²) in [5, 5.41) is 0. The summed E-state index contributed by atoms with van der Waals surface area (Å²) in [6.45, 7) is 3.74. The summed E-state index contributed by atoms with van der Waals surface area (Å²) >= 11 is 0. The van der Waals surface area contributed by atoms with E-state index in [1.807, 2.05) is 0 Å². The lowest BCUT2D eigenvalue weighted by Crippen LogP contribution is -2.35. The molecule has 0 saturated carbocycles. The van der Waals surface area contributed by atoms with Gasteiger partial charge in [-0.1, -0.05) is 0 Å². The minimum atomic E-state index is 0.489. The lowest BCUT2D eigenvalue weighted by molar-refractivity contribution is -0.0850. The van der Waals surface area contributed by atoms with Gasteiger partial charge in [-0.2, -0.15) is 0 Å². The van der Waals surface area contributed by atoms with Crippen LogP contribution in [0.5, 0.6) is 0 Å². The Bertz CT molecular complexity index is 209. The Morgan fingerprint density at radius 3 is 2.20 bits per heavy atom. The molecule has 3 aliphatic heterocycles. The molecule has 3 fully saturated rings. The molecule has 3 aliphatic rings. The van der Waals surface area contributed by atoms with E-state index in [4.69, 9.17) is 14.2 Å². The third-order valence-electron chi connectivity index (χ3n) is 4.11. The molecular formula is C12H20O3. The van der Waals surface area contributed by atoms with Crippen LogP contribution in [-0.2, 0) is 14.2 Å². The van der Waals surface area contributed by atoms with Crippen LogP contribution in [-0.4, -0.2) is 38.6 Å². The van der Waals surface area contributed by atoms with E-state index < -0.39 is 0 Å². The number of hydrogen-bond acceptors (Lipinski definition) is 3. The van der Waals surface area contributed by atoms with Crippen molar-refractivity contribution in [3.05, 3.63) is 0 Å². The Kier molecular flexibility index (Phi) is 2.95. The van der Waals surface area contributed by atoms with E-state index in [0.29, 0.717) is 18.1 Å². The van der Waals surface area contributed by atoms with Crippen molar-refractivity contribution in [3.63, 3.8) is 0 Å². The SMILES string of the molecule is C1CC(C2CC(C3CCO3)CO2)CCO1. The fourth-order valence-corrected chi connectivity index (χ4v) is 2.98. The summed E-state index contributed by atoms with van der Waals surface area (Å²) in [6.07, 6.45) is 5.83. The molecule has 0 aromatic rings. The molecule has 0 bridgehead atoms. The monoisotopic (exact) mass is 212 g/mol. The normalized spacial score (nSPS) is 42.8. The smallest absolute Gasteiger partial charge is 0.0648 e. The average Bonchev–Trinajstić information content (AvgIpc) is 2.66. The molecule has 86 valence electrons. The van der Waals surface area contributed by atoms with Crippen molar-refractivity contribution in [1.29, 1.82) is 0 Å². The Balaban J connectivity index is 1.51. The number of rotatable bonds is 2. The van der Waals surface area contributed by atoms with Crippen LogP contribution in [0.15, 0.2) is 0 Å². The molecule has 0 N–H and O–H groups in total. The van der Waals surface area contributed by atoms with Gasteiger partial charge in [-0.3, -0.25) is 0 Å². The summed E-state index contributed by atoms with van der Waals surface area (Å²) in [5.74, 6) is 1.41. The molecule has 0 amide bonds. The first-order valence-electron chi connectivity index (χ1n) is 6.24. The van der Waals surface area contributed by atoms with Crippen molar-refractivity contribution >= 4 is 0 Å². The van der Waals surface area contributed by atoms with Gasteiger partial charge in [0, 0.05) is 25.7 Å². The van der Waals surface area contributed by atoms with Crippen LogP contribution >= 0.6 is 0 Å². The van der Waals surface area contributed by atoms with Crippen LogP contribution in [0.4, 0.5) is 0 Å². The first-order chi connectivity index (χ1) is 7.43. The minimum Gasteiger partial charge on any atom is -0.381 e. The van der Waals surface area contributed by atoms with Crippen LogP contribution in [0, 0.1) is 11.8 Å². The molecular weight excluding hydrogens is 192 g/mol. The highest BCUT2D eigenvalue weighted by Gasteiger charge is 2.38. The van der Waals surface area contributed by atoms with E-state index in [1.54, 1.807) is 0 Å². The zero-order valence-corrected chi connectivity index (χ0v) is 9.19. The minimum absolute atomic E-state index is 0.489. The van der Waals surface area contributed by atoms with Gasteiger partial charge < -0.3 is 14.2 Å². The Morgan fingerprint density at radius 1 is 0.733 bits per heavy atom. The van der Waals surface area contributed by atoms with Crippen LogP contribution < -0.4 is 0 Å². The van der Waals surface area contributed by atoms with Gasteiger partial charge in [0.15, 0.2) is 0 Å². The fraction of sp³-hybridized carbons (Fsp3) is 1.00. The molecule has 3 nitrogen and oxygen atoms in total. The molecule has 3 heterocycles. The first-order valence-corrected chi connectivity index (χ1v) is 6.24. The van der Waals surface area contributed by atoms with E-state index in [2.05, 4.69) is 0 Å². The van der Waals surface area contributed by atoms with Crippen LogP contribution in [0.2, 0.25) is 0 Å². The lowest BCUT2D eigenvalue weighted by Gasteiger charge is -2.31. The maximum absolute atomic E-state index is 5.93. The zero-order valence-electron chi connectivity index (χ0n) is 9.19. The largest absolute Gasteiger partial charge is 0.381 e. The van der Waals surface area contributed by atoms with Crippen molar-refractivity contribution in [2.75, 3.05) is 26.4 Å². The van der Waals surface area contributed by atoms with E-state index in [9.17, 15) is 0 Å². The molecule has 3 rings (SSSR count). The Hall–Kier alpha value is -0.120. The lowest BCUT2D eigenvalue weighted by atomic mass is 9.87. The predicted octanol–water partition coefficient (Wildman–Crippen LogP) is 1.61. The van der Waals surface area contributed by atoms with Crippen molar-refractivity contribution in [2.45, 2.75) is 37.9 Å². The topological polar surface area (TPSA) is 27.7 Å². The first kappa shape index (κ1) is 10.1. The van der Waals surface area contributed by atoms with E-state index in [1.165, 1.54) is 25.7 Å². The van der Waals surface area contributed by atoms with Crippen molar-refractivity contribution in [2.24, 2.45) is 11.8 Å². The summed E-state index contributed by atoms with van der Waals surface area (Å²) in [6, 6.07) is 0. The van der Waals surface area contributed by atoms with Crippen LogP contribution in [0.25, 0.3) is 0 Å². The van der Waals surface area contributed by atoms with Gasteiger partial charge in [-0.15, -0.1) is 0 Å². The molecule has 0 aliphatic carbocycles. The molecule has 3 atom stereocenters. The second-order valence-corrected chi connectivity index (χ2v) is 5.02. The third-order valence-corrected chi connectivity index (χ3v) is 4.11. The predicted molar refractivity (Wildman–Crippen MR) is 55.7 cm³/mol. The van der Waals surface area contributed by atoms with Crippen molar-refractivity contribution < 1.29 is 14.2 Å². The quantitative estimate of drug-likeness (QED) is 0.696. The van der Waals surface area contributed by atoms with Crippen LogP contribution in [0.1, 0.15) is 25.7 Å². The van der Waals surface area contributed by atoms with Gasteiger partial charge in [0.25, 0.3) is 0 Å². The highest BCUT2D eigenvalue weighted by molar-refractivity contribution is 4.86. The molecule has 3 heteroatoms. The maximum Gasteiger partial charge on any atom is 0.0648 e. The third kappa shape index (κ3) is 2.05. The number of hydrogen-bond donors (Lipinski definition) is 0. The fourth-order valence-electron chi connectivity index (χ4n) is 2.98. The summed E-state index contributed by atoms with van der Waals surface area (Å²) in [5.41, 5.74) is 0. The van der Waals surface area contributed by atoms with Crippen molar-refractivity contribution in [1.82, 2.24) is 0 Å². The molecule has 15 heavy (non-hydrogen) atoms. The van der Waals surface area contributed by atoms with E-state index in [-0.39, 0.29) is 0 Å². The maximum atomic E-state index is 5.93. The second-order valence-electron chi connectivity index (χ2n) is 5.02. The highest BCUT2D eigenvalue weighted by atomic mass is 16.5. The molecule has 0 aromatic carbocycles. The van der Waals surface area contributed by atoms with E-state index >= 15 is 0 Å². The van der Waals surface area contributed by atoms with Gasteiger partial charge in [-0.25, -0.2) is 0 Å². The van der Waals surface area contributed by atoms with Crippen molar-refractivity contribution in [3.8, 4) is 0 Å². The van der Waals surface area contributed by atoms with Gasteiger partial charge >= 0.3 is 0 Å². The highest BCUT2D eigenvalue weighted by Crippen LogP contribution is 2.35. The Morgan fingerprint density at radius 2 is 1.53 bits per heavy atom. The number of ether oxygens (including phenoxy) is 3. The molecule has 0 spiro atoms. The summed E-state index contributed by atoms with van der Waals surface area (Å²) < 4.78 is 16.9. The van der Waals surface area contributed by atoms with Gasteiger partial charge in [-0.05, 0) is 31.6 Å².